The molecule has 4 N–H and O–H groups in total. The van der Waals surface area contributed by atoms with Gasteiger partial charge in [-0.2, -0.15) is 0 Å². The molecule has 1 atom stereocenters. The van der Waals surface area contributed by atoms with Gasteiger partial charge in [0, 0.05) is 19.5 Å². The number of aliphatic hydroxyl groups is 2. The molecule has 0 bridgehead atoms. The van der Waals surface area contributed by atoms with Gasteiger partial charge < -0.3 is 20.8 Å². The van der Waals surface area contributed by atoms with Gasteiger partial charge in [0.05, 0.1) is 17.7 Å². The Labute approximate surface area is 84.3 Å². The molecule has 0 spiro atoms. The summed E-state index contributed by atoms with van der Waals surface area (Å²) >= 11 is 4.74. The molecule has 0 aliphatic heterocycles. The van der Waals surface area contributed by atoms with Crippen LogP contribution in [0.2, 0.25) is 0 Å². The number of hydrogen-bond donors (Lipinski definition) is 3. The van der Waals surface area contributed by atoms with Gasteiger partial charge in [-0.1, -0.05) is 19.1 Å². The molecule has 0 radical (unpaired) electrons. The van der Waals surface area contributed by atoms with Crippen LogP contribution in [0.3, 0.4) is 0 Å². The second kappa shape index (κ2) is 7.20. The third-order valence-corrected chi connectivity index (χ3v) is 2.01. The van der Waals surface area contributed by atoms with Gasteiger partial charge in [-0.15, -0.1) is 0 Å². The maximum atomic E-state index is 9.17. The summed E-state index contributed by atoms with van der Waals surface area (Å²) in [5.41, 5.74) is 5.35. The summed E-state index contributed by atoms with van der Waals surface area (Å²) < 4.78 is 0. The number of nitrogens with two attached hydrogens (primary N) is 1. The van der Waals surface area contributed by atoms with Crippen molar-refractivity contribution in [2.24, 2.45) is 5.73 Å². The number of thiocarbonyl (C=S) groups is 1. The number of nitrogens with zero attached hydrogens (tertiary/aromatic N) is 1. The van der Waals surface area contributed by atoms with Crippen LogP contribution in [0.4, 0.5) is 0 Å². The standard InChI is InChI=1S/C8H18N2O2S/c1-2-10(4-3-8(9)13)5-7(12)6-11/h7,11-12H,2-6H2,1H3,(H2,9,13). The van der Waals surface area contributed by atoms with Crippen molar-refractivity contribution in [1.29, 1.82) is 0 Å². The van der Waals surface area contributed by atoms with Crippen LogP contribution in [0.25, 0.3) is 0 Å². The first kappa shape index (κ1) is 12.8. The quantitative estimate of drug-likeness (QED) is 0.482. The highest BCUT2D eigenvalue weighted by Gasteiger charge is 2.08. The predicted molar refractivity (Wildman–Crippen MR) is 56.6 cm³/mol. The SMILES string of the molecule is CCN(CCC(N)=S)CC(O)CO. The number of hydrogen-bond acceptors (Lipinski definition) is 4. The number of rotatable bonds is 7. The Morgan fingerprint density at radius 3 is 2.62 bits per heavy atom. The third kappa shape index (κ3) is 6.89. The van der Waals surface area contributed by atoms with Crippen LogP contribution in [0.1, 0.15) is 13.3 Å². The van der Waals surface area contributed by atoms with Crippen LogP contribution in [-0.2, 0) is 0 Å². The van der Waals surface area contributed by atoms with E-state index in [2.05, 4.69) is 0 Å². The lowest BCUT2D eigenvalue weighted by molar-refractivity contribution is 0.0615. The topological polar surface area (TPSA) is 69.7 Å². The zero-order valence-electron chi connectivity index (χ0n) is 7.94. The normalized spacial score (nSPS) is 13.2. The first-order valence-corrected chi connectivity index (χ1v) is 4.80. The van der Waals surface area contributed by atoms with E-state index in [1.165, 1.54) is 0 Å². The number of aliphatic hydroxyl groups excluding tert-OH is 2. The minimum absolute atomic E-state index is 0.205. The van der Waals surface area contributed by atoms with Crippen molar-refractivity contribution in [3.8, 4) is 0 Å². The molecule has 0 aromatic rings. The van der Waals surface area contributed by atoms with E-state index in [9.17, 15) is 0 Å². The Morgan fingerprint density at radius 2 is 2.23 bits per heavy atom. The van der Waals surface area contributed by atoms with Crippen molar-refractivity contribution >= 4 is 17.2 Å². The summed E-state index contributed by atoms with van der Waals surface area (Å²) in [6, 6.07) is 0. The van der Waals surface area contributed by atoms with E-state index in [0.29, 0.717) is 18.0 Å². The number of likely N-dealkylation sites (N-methyl/N-ethyl adjacent to an activating group) is 1. The van der Waals surface area contributed by atoms with E-state index in [4.69, 9.17) is 28.2 Å². The molecule has 0 saturated carbocycles. The van der Waals surface area contributed by atoms with Crippen molar-refractivity contribution in [1.82, 2.24) is 4.90 Å². The molecular formula is C8H18N2O2S. The van der Waals surface area contributed by atoms with Crippen LogP contribution < -0.4 is 5.73 Å². The summed E-state index contributed by atoms with van der Waals surface area (Å²) in [7, 11) is 0. The average molecular weight is 206 g/mol. The van der Waals surface area contributed by atoms with Crippen molar-refractivity contribution in [3.05, 3.63) is 0 Å². The van der Waals surface area contributed by atoms with Crippen molar-refractivity contribution in [2.45, 2.75) is 19.4 Å². The Hall–Kier alpha value is -0.230. The fourth-order valence-electron chi connectivity index (χ4n) is 1.00. The first-order chi connectivity index (χ1) is 6.10. The zero-order chi connectivity index (χ0) is 10.3. The van der Waals surface area contributed by atoms with Gasteiger partial charge in [0.25, 0.3) is 0 Å². The summed E-state index contributed by atoms with van der Waals surface area (Å²) in [5, 5.41) is 17.8. The lowest BCUT2D eigenvalue weighted by Crippen LogP contribution is -2.36. The van der Waals surface area contributed by atoms with Crippen LogP contribution >= 0.6 is 12.2 Å². The highest BCUT2D eigenvalue weighted by atomic mass is 32.1. The van der Waals surface area contributed by atoms with Gasteiger partial charge in [0.1, 0.15) is 0 Å². The lowest BCUT2D eigenvalue weighted by Gasteiger charge is -2.22. The van der Waals surface area contributed by atoms with E-state index in [0.717, 1.165) is 13.1 Å². The van der Waals surface area contributed by atoms with E-state index < -0.39 is 6.10 Å². The van der Waals surface area contributed by atoms with Gasteiger partial charge in [-0.3, -0.25) is 0 Å². The fraction of sp³-hybridized carbons (Fsp3) is 0.875. The summed E-state index contributed by atoms with van der Waals surface area (Å²) in [5.74, 6) is 0. The smallest absolute Gasteiger partial charge is 0.0897 e. The van der Waals surface area contributed by atoms with Gasteiger partial charge in [0.15, 0.2) is 0 Å². The highest BCUT2D eigenvalue weighted by molar-refractivity contribution is 7.80. The summed E-state index contributed by atoms with van der Waals surface area (Å²) in [4.78, 5) is 2.48. The average Bonchev–Trinajstić information content (AvgIpc) is 2.11. The maximum absolute atomic E-state index is 9.17. The minimum Gasteiger partial charge on any atom is -0.394 e. The summed E-state index contributed by atoms with van der Waals surface area (Å²) in [6.07, 6.45) is -0.0206. The Balaban J connectivity index is 3.68. The lowest BCUT2D eigenvalue weighted by atomic mass is 10.3. The first-order valence-electron chi connectivity index (χ1n) is 4.39. The Morgan fingerprint density at radius 1 is 1.62 bits per heavy atom. The minimum atomic E-state index is -0.675. The van der Waals surface area contributed by atoms with E-state index in [-0.39, 0.29) is 6.61 Å². The molecule has 0 heterocycles. The molecule has 5 heteroatoms. The molecule has 0 aliphatic rings. The van der Waals surface area contributed by atoms with Crippen molar-refractivity contribution in [3.63, 3.8) is 0 Å². The zero-order valence-corrected chi connectivity index (χ0v) is 8.76. The summed E-state index contributed by atoms with van der Waals surface area (Å²) in [6.45, 7) is 3.81. The van der Waals surface area contributed by atoms with E-state index in [1.807, 2.05) is 11.8 Å². The Kier molecular flexibility index (Phi) is 7.07. The molecule has 1 unspecified atom stereocenters. The molecule has 4 nitrogen and oxygen atoms in total. The van der Waals surface area contributed by atoms with Crippen LogP contribution in [0.15, 0.2) is 0 Å². The fourth-order valence-corrected chi connectivity index (χ4v) is 1.09. The highest BCUT2D eigenvalue weighted by Crippen LogP contribution is 1.94. The van der Waals surface area contributed by atoms with Crippen LogP contribution in [0, 0.1) is 0 Å². The van der Waals surface area contributed by atoms with Crippen LogP contribution in [0.5, 0.6) is 0 Å². The second-order valence-electron chi connectivity index (χ2n) is 2.95. The molecule has 78 valence electrons. The molecule has 13 heavy (non-hydrogen) atoms. The molecule has 0 rings (SSSR count). The predicted octanol–water partition coefficient (Wildman–Crippen LogP) is -0.662. The monoisotopic (exact) mass is 206 g/mol. The maximum Gasteiger partial charge on any atom is 0.0897 e. The molecule has 0 saturated heterocycles. The second-order valence-corrected chi connectivity index (χ2v) is 3.47. The molecular weight excluding hydrogens is 188 g/mol. The molecule has 0 aromatic heterocycles. The van der Waals surface area contributed by atoms with E-state index in [1.54, 1.807) is 0 Å². The molecule has 0 aliphatic carbocycles. The van der Waals surface area contributed by atoms with Crippen molar-refractivity contribution < 1.29 is 10.2 Å². The van der Waals surface area contributed by atoms with E-state index >= 15 is 0 Å². The third-order valence-electron chi connectivity index (χ3n) is 1.80. The van der Waals surface area contributed by atoms with Gasteiger partial charge in [0.2, 0.25) is 0 Å². The van der Waals surface area contributed by atoms with Gasteiger partial charge >= 0.3 is 0 Å². The Bertz CT molecular complexity index is 155. The molecule has 0 aromatic carbocycles. The largest absolute Gasteiger partial charge is 0.394 e. The molecule has 0 amide bonds. The van der Waals surface area contributed by atoms with Gasteiger partial charge in [-0.05, 0) is 6.54 Å². The van der Waals surface area contributed by atoms with Gasteiger partial charge in [-0.25, -0.2) is 0 Å². The van der Waals surface area contributed by atoms with Crippen molar-refractivity contribution in [2.75, 3.05) is 26.2 Å². The molecule has 0 fully saturated rings. The van der Waals surface area contributed by atoms with Crippen LogP contribution in [-0.4, -0.2) is 52.4 Å².